The summed E-state index contributed by atoms with van der Waals surface area (Å²) in [6.07, 6.45) is 1.58. The number of halogens is 1. The van der Waals surface area contributed by atoms with Gasteiger partial charge in [-0.3, -0.25) is 9.59 Å². The normalized spacial score (nSPS) is 10.6. The van der Waals surface area contributed by atoms with E-state index in [0.29, 0.717) is 16.2 Å². The number of carbonyl (C=O) groups is 3. The Morgan fingerprint density at radius 3 is 2.53 bits per heavy atom. The first-order valence-electron chi connectivity index (χ1n) is 8.99. The van der Waals surface area contributed by atoms with E-state index < -0.39 is 5.97 Å². The third-order valence-corrected chi connectivity index (χ3v) is 4.90. The second-order valence-corrected chi connectivity index (χ2v) is 7.12. The molecule has 0 saturated carbocycles. The van der Waals surface area contributed by atoms with Gasteiger partial charge >= 0.3 is 5.97 Å². The van der Waals surface area contributed by atoms with Crippen LogP contribution in [-0.2, 0) is 11.2 Å². The summed E-state index contributed by atoms with van der Waals surface area (Å²) >= 11 is 1.16. The van der Waals surface area contributed by atoms with Crippen LogP contribution >= 0.6 is 11.8 Å². The molecule has 0 radical (unpaired) electrons. The van der Waals surface area contributed by atoms with Crippen molar-refractivity contribution in [3.05, 3.63) is 77.1 Å². The molecular weight excluding hydrogens is 411 g/mol. The van der Waals surface area contributed by atoms with Gasteiger partial charge in [0, 0.05) is 24.2 Å². The molecule has 7 nitrogen and oxygen atoms in total. The van der Waals surface area contributed by atoms with E-state index in [9.17, 15) is 18.8 Å². The van der Waals surface area contributed by atoms with Crippen molar-refractivity contribution in [3.63, 3.8) is 0 Å². The van der Waals surface area contributed by atoms with Crippen LogP contribution in [0.15, 0.2) is 58.2 Å². The average molecular weight is 428 g/mol. The van der Waals surface area contributed by atoms with E-state index in [1.54, 1.807) is 31.2 Å². The number of benzene rings is 1. The molecule has 0 aliphatic carbocycles. The molecule has 0 unspecified atom stereocenters. The number of ether oxygens (including phenoxy) is 1. The first kappa shape index (κ1) is 21.4. The number of ketones is 2. The van der Waals surface area contributed by atoms with Crippen LogP contribution < -0.4 is 0 Å². The first-order valence-corrected chi connectivity index (χ1v) is 9.98. The summed E-state index contributed by atoms with van der Waals surface area (Å²) in [4.78, 5) is 40.3. The summed E-state index contributed by atoms with van der Waals surface area (Å²) < 4.78 is 22.6. The Kier molecular flexibility index (Phi) is 7.08. The van der Waals surface area contributed by atoms with Crippen molar-refractivity contribution in [2.75, 3.05) is 12.4 Å². The fourth-order valence-electron chi connectivity index (χ4n) is 2.44. The maximum atomic E-state index is 12.9. The standard InChI is InChI=1S/C21H17FN2O5S/c1-2-28-21(27)16-10-19(29-24-16)18(26)12-30-20-8-5-14(11-23-20)17(25)9-13-3-6-15(22)7-4-13/h3-8,10-11H,2,9,12H2,1H3. The van der Waals surface area contributed by atoms with Crippen molar-refractivity contribution in [1.29, 1.82) is 0 Å². The minimum atomic E-state index is -0.657. The number of aromatic nitrogens is 2. The molecule has 3 rings (SSSR count). The van der Waals surface area contributed by atoms with Crippen molar-refractivity contribution in [2.45, 2.75) is 18.4 Å². The zero-order valence-corrected chi connectivity index (χ0v) is 16.8. The lowest BCUT2D eigenvalue weighted by Gasteiger charge is -2.03. The fraction of sp³-hybridized carbons (Fsp3) is 0.190. The molecule has 154 valence electrons. The molecule has 30 heavy (non-hydrogen) atoms. The van der Waals surface area contributed by atoms with E-state index in [2.05, 4.69) is 10.1 Å². The SMILES string of the molecule is CCOC(=O)c1cc(C(=O)CSc2ccc(C(=O)Cc3ccc(F)cc3)cn2)on1. The molecule has 2 heterocycles. The Morgan fingerprint density at radius 1 is 1.10 bits per heavy atom. The highest BCUT2D eigenvalue weighted by Gasteiger charge is 2.18. The quantitative estimate of drug-likeness (QED) is 0.288. The number of rotatable bonds is 9. The number of pyridine rings is 1. The summed E-state index contributed by atoms with van der Waals surface area (Å²) in [5.41, 5.74) is 1.07. The van der Waals surface area contributed by atoms with E-state index in [4.69, 9.17) is 9.26 Å². The minimum Gasteiger partial charge on any atom is -0.461 e. The molecule has 0 saturated heterocycles. The number of hydrogen-bond donors (Lipinski definition) is 0. The van der Waals surface area contributed by atoms with E-state index in [1.165, 1.54) is 24.4 Å². The van der Waals surface area contributed by atoms with E-state index >= 15 is 0 Å². The van der Waals surface area contributed by atoms with Crippen LogP contribution in [0.25, 0.3) is 0 Å². The number of nitrogens with zero attached hydrogens (tertiary/aromatic N) is 2. The Labute approximate surface area is 175 Å². The van der Waals surface area contributed by atoms with Crippen LogP contribution in [0.5, 0.6) is 0 Å². The maximum Gasteiger partial charge on any atom is 0.360 e. The molecule has 2 aromatic heterocycles. The molecule has 3 aromatic rings. The third kappa shape index (κ3) is 5.60. The summed E-state index contributed by atoms with van der Waals surface area (Å²) in [5, 5.41) is 4.08. The van der Waals surface area contributed by atoms with Gasteiger partial charge < -0.3 is 9.26 Å². The zero-order valence-electron chi connectivity index (χ0n) is 16.0. The fourth-order valence-corrected chi connectivity index (χ4v) is 3.15. The lowest BCUT2D eigenvalue weighted by molar-refractivity contribution is 0.0514. The smallest absolute Gasteiger partial charge is 0.360 e. The van der Waals surface area contributed by atoms with E-state index in [0.717, 1.165) is 11.8 Å². The number of Topliss-reactive ketones (excluding diaryl/α,β-unsaturated/α-hetero) is 2. The van der Waals surface area contributed by atoms with Gasteiger partial charge in [0.2, 0.25) is 11.5 Å². The largest absolute Gasteiger partial charge is 0.461 e. The van der Waals surface area contributed by atoms with Crippen LogP contribution in [0.1, 0.15) is 43.9 Å². The van der Waals surface area contributed by atoms with Crippen molar-refractivity contribution in [3.8, 4) is 0 Å². The zero-order chi connectivity index (χ0) is 21.5. The maximum absolute atomic E-state index is 12.9. The molecule has 0 N–H and O–H groups in total. The van der Waals surface area contributed by atoms with Crippen molar-refractivity contribution in [1.82, 2.24) is 10.1 Å². The topological polar surface area (TPSA) is 99.4 Å². The third-order valence-electron chi connectivity index (χ3n) is 3.96. The van der Waals surface area contributed by atoms with Crippen LogP contribution in [0, 0.1) is 5.82 Å². The number of hydrogen-bond acceptors (Lipinski definition) is 8. The number of carbonyl (C=O) groups excluding carboxylic acids is 3. The molecular formula is C21H17FN2O5S. The molecule has 0 aliphatic rings. The van der Waals surface area contributed by atoms with Gasteiger partial charge in [-0.2, -0.15) is 0 Å². The number of esters is 1. The Bertz CT molecular complexity index is 1050. The Morgan fingerprint density at radius 2 is 1.87 bits per heavy atom. The van der Waals surface area contributed by atoms with Crippen LogP contribution in [0.3, 0.4) is 0 Å². The lowest BCUT2D eigenvalue weighted by Crippen LogP contribution is -2.05. The number of thioether (sulfide) groups is 1. The van der Waals surface area contributed by atoms with E-state index in [-0.39, 0.29) is 47.6 Å². The minimum absolute atomic E-state index is 0.0212. The van der Waals surface area contributed by atoms with Gasteiger partial charge in [0.15, 0.2) is 11.5 Å². The van der Waals surface area contributed by atoms with Crippen LogP contribution in [0.4, 0.5) is 4.39 Å². The summed E-state index contributed by atoms with van der Waals surface area (Å²) in [5.74, 6) is -1.54. The predicted octanol–water partition coefficient (Wildman–Crippen LogP) is 3.79. The molecule has 1 aromatic carbocycles. The van der Waals surface area contributed by atoms with Crippen molar-refractivity contribution >= 4 is 29.3 Å². The molecule has 0 amide bonds. The van der Waals surface area contributed by atoms with Crippen molar-refractivity contribution < 1.29 is 28.0 Å². The highest BCUT2D eigenvalue weighted by atomic mass is 32.2. The van der Waals surface area contributed by atoms with Gasteiger partial charge in [0.1, 0.15) is 5.82 Å². The molecule has 0 aliphatic heterocycles. The summed E-state index contributed by atoms with van der Waals surface area (Å²) in [7, 11) is 0. The average Bonchev–Trinajstić information content (AvgIpc) is 3.25. The molecule has 9 heteroatoms. The van der Waals surface area contributed by atoms with Crippen LogP contribution in [0.2, 0.25) is 0 Å². The second kappa shape index (κ2) is 9.93. The van der Waals surface area contributed by atoms with Gasteiger partial charge in [0.25, 0.3) is 0 Å². The van der Waals surface area contributed by atoms with Gasteiger partial charge in [-0.25, -0.2) is 14.2 Å². The van der Waals surface area contributed by atoms with Gasteiger partial charge in [-0.1, -0.05) is 29.1 Å². The lowest BCUT2D eigenvalue weighted by atomic mass is 10.0. The first-order chi connectivity index (χ1) is 14.5. The Balaban J connectivity index is 1.54. The molecule has 0 atom stereocenters. The highest BCUT2D eigenvalue weighted by molar-refractivity contribution is 7.99. The van der Waals surface area contributed by atoms with Gasteiger partial charge in [-0.05, 0) is 36.8 Å². The molecule has 0 bridgehead atoms. The summed E-state index contributed by atoms with van der Waals surface area (Å²) in [6, 6.07) is 10.2. The van der Waals surface area contributed by atoms with E-state index in [1.807, 2.05) is 0 Å². The van der Waals surface area contributed by atoms with Crippen molar-refractivity contribution in [2.24, 2.45) is 0 Å². The highest BCUT2D eigenvalue weighted by Crippen LogP contribution is 2.18. The molecule has 0 fully saturated rings. The summed E-state index contributed by atoms with van der Waals surface area (Å²) in [6.45, 7) is 1.86. The van der Waals surface area contributed by atoms with Crippen LogP contribution in [-0.4, -0.2) is 40.0 Å². The monoisotopic (exact) mass is 428 g/mol. The van der Waals surface area contributed by atoms with Gasteiger partial charge in [0.05, 0.1) is 17.4 Å². The second-order valence-electron chi connectivity index (χ2n) is 6.12. The predicted molar refractivity (Wildman–Crippen MR) is 106 cm³/mol. The Hall–Kier alpha value is -3.33. The van der Waals surface area contributed by atoms with Gasteiger partial charge in [-0.15, -0.1) is 0 Å². The molecule has 0 spiro atoms.